The van der Waals surface area contributed by atoms with Crippen LogP contribution in [-0.4, -0.2) is 26.5 Å². The van der Waals surface area contributed by atoms with Crippen molar-refractivity contribution in [3.63, 3.8) is 0 Å². The van der Waals surface area contributed by atoms with Crippen molar-refractivity contribution in [3.05, 3.63) is 59.2 Å². The fourth-order valence-corrected chi connectivity index (χ4v) is 3.31. The average molecular weight is 367 g/mol. The van der Waals surface area contributed by atoms with Crippen LogP contribution in [0.15, 0.2) is 47.6 Å². The fourth-order valence-electron chi connectivity index (χ4n) is 2.65. The molecule has 0 aliphatic rings. The Labute approximate surface area is 156 Å². The minimum Gasteiger partial charge on any atom is -0.335 e. The lowest BCUT2D eigenvalue weighted by atomic mass is 10.1. The molecule has 1 amide bonds. The predicted octanol–water partition coefficient (Wildman–Crippen LogP) is 3.31. The third kappa shape index (κ3) is 3.88. The Morgan fingerprint density at radius 3 is 2.62 bits per heavy atom. The van der Waals surface area contributed by atoms with Gasteiger partial charge in [-0.3, -0.25) is 4.79 Å². The zero-order valence-corrected chi connectivity index (χ0v) is 15.8. The van der Waals surface area contributed by atoms with E-state index in [0.29, 0.717) is 11.0 Å². The molecule has 0 bridgehead atoms. The molecular formula is C19H21N5OS. The van der Waals surface area contributed by atoms with Gasteiger partial charge in [0, 0.05) is 11.3 Å². The van der Waals surface area contributed by atoms with Crippen molar-refractivity contribution in [1.29, 1.82) is 0 Å². The van der Waals surface area contributed by atoms with Gasteiger partial charge in [0.1, 0.15) is 0 Å². The van der Waals surface area contributed by atoms with Gasteiger partial charge in [0.05, 0.1) is 5.75 Å². The van der Waals surface area contributed by atoms with E-state index in [9.17, 15) is 4.79 Å². The highest BCUT2D eigenvalue weighted by atomic mass is 32.2. The Balaban J connectivity index is 1.67. The summed E-state index contributed by atoms with van der Waals surface area (Å²) in [5.74, 6) is 6.80. The largest absolute Gasteiger partial charge is 0.335 e. The Kier molecular flexibility index (Phi) is 5.27. The van der Waals surface area contributed by atoms with Crippen LogP contribution >= 0.6 is 11.8 Å². The van der Waals surface area contributed by atoms with Crippen LogP contribution in [0.5, 0.6) is 0 Å². The molecule has 0 fully saturated rings. The number of aryl methyl sites for hydroxylation is 3. The van der Waals surface area contributed by atoms with E-state index >= 15 is 0 Å². The van der Waals surface area contributed by atoms with Gasteiger partial charge in [-0.2, -0.15) is 0 Å². The van der Waals surface area contributed by atoms with Crippen LogP contribution in [-0.2, 0) is 4.79 Å². The molecule has 6 nitrogen and oxygen atoms in total. The summed E-state index contributed by atoms with van der Waals surface area (Å²) in [6.45, 7) is 5.99. The van der Waals surface area contributed by atoms with Gasteiger partial charge in [0.2, 0.25) is 11.1 Å². The Morgan fingerprint density at radius 1 is 1.12 bits per heavy atom. The highest BCUT2D eigenvalue weighted by Crippen LogP contribution is 2.24. The zero-order chi connectivity index (χ0) is 18.7. The molecule has 26 heavy (non-hydrogen) atoms. The van der Waals surface area contributed by atoms with Crippen LogP contribution in [0, 0.1) is 20.8 Å². The number of nitrogens with one attached hydrogen (secondary N) is 1. The van der Waals surface area contributed by atoms with Crippen molar-refractivity contribution in [2.75, 3.05) is 16.9 Å². The number of hydrogen-bond donors (Lipinski definition) is 2. The molecule has 0 spiro atoms. The molecule has 1 heterocycles. The monoisotopic (exact) mass is 367 g/mol. The molecular weight excluding hydrogens is 346 g/mol. The third-order valence-corrected chi connectivity index (χ3v) is 4.98. The number of rotatable bonds is 5. The van der Waals surface area contributed by atoms with Crippen LogP contribution < -0.4 is 11.2 Å². The lowest BCUT2D eigenvalue weighted by Crippen LogP contribution is -2.17. The van der Waals surface area contributed by atoms with Crippen LogP contribution in [0.1, 0.15) is 16.7 Å². The van der Waals surface area contributed by atoms with Crippen molar-refractivity contribution < 1.29 is 4.79 Å². The summed E-state index contributed by atoms with van der Waals surface area (Å²) < 4.78 is 1.43. The quantitative estimate of drug-likeness (QED) is 0.534. The number of thioether (sulfide) groups is 1. The van der Waals surface area contributed by atoms with Gasteiger partial charge in [-0.05, 0) is 38.0 Å². The van der Waals surface area contributed by atoms with Gasteiger partial charge in [-0.1, -0.05) is 53.7 Å². The molecule has 0 aliphatic heterocycles. The summed E-state index contributed by atoms with van der Waals surface area (Å²) in [5, 5.41) is 11.7. The summed E-state index contributed by atoms with van der Waals surface area (Å²) in [6, 6.07) is 13.8. The van der Waals surface area contributed by atoms with Crippen LogP contribution in [0.4, 0.5) is 5.69 Å². The van der Waals surface area contributed by atoms with E-state index in [-0.39, 0.29) is 11.7 Å². The van der Waals surface area contributed by atoms with Gasteiger partial charge >= 0.3 is 0 Å². The number of anilines is 1. The summed E-state index contributed by atoms with van der Waals surface area (Å²) in [4.78, 5) is 12.2. The first-order valence-electron chi connectivity index (χ1n) is 8.22. The molecule has 0 atom stereocenters. The van der Waals surface area contributed by atoms with E-state index in [4.69, 9.17) is 5.84 Å². The van der Waals surface area contributed by atoms with Gasteiger partial charge < -0.3 is 11.2 Å². The number of nitrogens with two attached hydrogens (primary N) is 1. The van der Waals surface area contributed by atoms with Crippen molar-refractivity contribution in [2.24, 2.45) is 0 Å². The second-order valence-electron chi connectivity index (χ2n) is 6.15. The van der Waals surface area contributed by atoms with Crippen molar-refractivity contribution >= 4 is 23.4 Å². The zero-order valence-electron chi connectivity index (χ0n) is 15.0. The highest BCUT2D eigenvalue weighted by Gasteiger charge is 2.15. The van der Waals surface area contributed by atoms with E-state index in [1.807, 2.05) is 63.2 Å². The summed E-state index contributed by atoms with van der Waals surface area (Å²) in [5.41, 5.74) is 5.00. The highest BCUT2D eigenvalue weighted by molar-refractivity contribution is 7.99. The molecule has 0 saturated heterocycles. The Morgan fingerprint density at radius 2 is 1.88 bits per heavy atom. The van der Waals surface area contributed by atoms with E-state index in [0.717, 1.165) is 27.9 Å². The van der Waals surface area contributed by atoms with Gasteiger partial charge in [-0.25, -0.2) is 4.68 Å². The number of nitrogens with zero attached hydrogens (tertiary/aromatic N) is 3. The summed E-state index contributed by atoms with van der Waals surface area (Å²) in [6.07, 6.45) is 0. The summed E-state index contributed by atoms with van der Waals surface area (Å²) >= 11 is 1.26. The Bertz CT molecular complexity index is 951. The van der Waals surface area contributed by atoms with Gasteiger partial charge in [0.15, 0.2) is 5.82 Å². The lowest BCUT2D eigenvalue weighted by molar-refractivity contribution is -0.113. The molecule has 0 radical (unpaired) electrons. The van der Waals surface area contributed by atoms with Gasteiger partial charge in [0.25, 0.3) is 0 Å². The number of amides is 1. The second kappa shape index (κ2) is 7.61. The molecule has 0 unspecified atom stereocenters. The van der Waals surface area contributed by atoms with Crippen molar-refractivity contribution in [3.8, 4) is 11.4 Å². The molecule has 2 aromatic carbocycles. The number of carbonyl (C=O) groups is 1. The van der Waals surface area contributed by atoms with Crippen LogP contribution in [0.2, 0.25) is 0 Å². The normalized spacial score (nSPS) is 10.7. The lowest BCUT2D eigenvalue weighted by Gasteiger charge is -2.09. The molecule has 1 aromatic heterocycles. The second-order valence-corrected chi connectivity index (χ2v) is 7.09. The minimum absolute atomic E-state index is 0.109. The van der Waals surface area contributed by atoms with Crippen molar-refractivity contribution in [2.45, 2.75) is 25.9 Å². The third-order valence-electron chi connectivity index (χ3n) is 4.04. The number of aromatic nitrogens is 3. The first-order chi connectivity index (χ1) is 12.5. The van der Waals surface area contributed by atoms with Gasteiger partial charge in [-0.15, -0.1) is 10.2 Å². The Hall–Kier alpha value is -2.80. The molecule has 0 aliphatic carbocycles. The SMILES string of the molecule is Cc1ccc(NC(=O)CSc2nnc(-c3ccccc3C)n2N)c(C)c1. The van der Waals surface area contributed by atoms with E-state index in [1.54, 1.807) is 0 Å². The number of benzene rings is 2. The van der Waals surface area contributed by atoms with E-state index in [1.165, 1.54) is 16.4 Å². The van der Waals surface area contributed by atoms with Crippen LogP contribution in [0.3, 0.4) is 0 Å². The predicted molar refractivity (Wildman–Crippen MR) is 106 cm³/mol. The topological polar surface area (TPSA) is 85.8 Å². The smallest absolute Gasteiger partial charge is 0.234 e. The summed E-state index contributed by atoms with van der Waals surface area (Å²) in [7, 11) is 0. The number of carbonyl (C=O) groups excluding carboxylic acids is 1. The minimum atomic E-state index is -0.109. The van der Waals surface area contributed by atoms with E-state index < -0.39 is 0 Å². The molecule has 7 heteroatoms. The molecule has 3 rings (SSSR count). The maximum atomic E-state index is 12.2. The molecule has 3 aromatic rings. The molecule has 134 valence electrons. The maximum absolute atomic E-state index is 12.2. The molecule has 3 N–H and O–H groups in total. The maximum Gasteiger partial charge on any atom is 0.234 e. The van der Waals surface area contributed by atoms with Crippen molar-refractivity contribution in [1.82, 2.24) is 14.9 Å². The number of nitrogen functional groups attached to an aromatic ring is 1. The number of hydrogen-bond acceptors (Lipinski definition) is 5. The standard InChI is InChI=1S/C19H21N5OS/c1-12-8-9-16(14(3)10-12)21-17(25)11-26-19-23-22-18(24(19)20)15-7-5-4-6-13(15)2/h4-10H,11,20H2,1-3H3,(H,21,25). The molecule has 0 saturated carbocycles. The van der Waals surface area contributed by atoms with Crippen LogP contribution in [0.25, 0.3) is 11.4 Å². The van der Waals surface area contributed by atoms with E-state index in [2.05, 4.69) is 15.5 Å². The first kappa shape index (κ1) is 18.0. The average Bonchev–Trinajstić information content (AvgIpc) is 2.97. The fraction of sp³-hybridized carbons (Fsp3) is 0.211. The first-order valence-corrected chi connectivity index (χ1v) is 9.20.